The van der Waals surface area contributed by atoms with E-state index in [0.717, 1.165) is 0 Å². The minimum absolute atomic E-state index is 0. The van der Waals surface area contributed by atoms with Crippen molar-refractivity contribution in [2.24, 2.45) is 0 Å². The molecule has 0 aliphatic carbocycles. The van der Waals surface area contributed by atoms with Gasteiger partial charge in [0.25, 0.3) is 0 Å². The largest absolute Gasteiger partial charge is 0.412 e. The van der Waals surface area contributed by atoms with E-state index in [0.29, 0.717) is 11.1 Å². The van der Waals surface area contributed by atoms with E-state index in [9.17, 15) is 9.59 Å². The normalized spacial score (nSPS) is 7.82. The third-order valence-corrected chi connectivity index (χ3v) is 2.21. The number of rotatable bonds is 2. The summed E-state index contributed by atoms with van der Waals surface area (Å²) >= 11 is 0. The summed E-state index contributed by atoms with van der Waals surface area (Å²) in [5.41, 5.74) is 0.636. The fourth-order valence-electron chi connectivity index (χ4n) is 1.32. The Morgan fingerprint density at radius 3 is 1.14 bits per heavy atom. The molecule has 0 saturated heterocycles. The lowest BCUT2D eigenvalue weighted by atomic mass is 10.2. The molecule has 0 unspecified atom stereocenters. The predicted molar refractivity (Wildman–Crippen MR) is 88.0 cm³/mol. The lowest BCUT2D eigenvalue weighted by Crippen LogP contribution is -2.11. The van der Waals surface area contributed by atoms with Gasteiger partial charge in [0, 0.05) is 0 Å². The Hall–Kier alpha value is -1.17. The zero-order valence-electron chi connectivity index (χ0n) is 10.4. The summed E-state index contributed by atoms with van der Waals surface area (Å²) in [4.78, 5) is 31.9. The average molecular weight is 331 g/mol. The maximum Gasteiger partial charge on any atom is 0.386 e. The molecule has 0 atom stereocenters. The first-order valence-corrected chi connectivity index (χ1v) is 5.30. The zero-order chi connectivity index (χ0) is 12.8. The van der Waals surface area contributed by atoms with Crippen LogP contribution < -0.4 is 0 Å². The van der Waals surface area contributed by atoms with E-state index in [1.807, 2.05) is 0 Å². The molecule has 2 aromatic rings. The molecule has 0 bridgehead atoms. The van der Waals surface area contributed by atoms with Gasteiger partial charge in [-0.05, 0) is 24.3 Å². The summed E-state index contributed by atoms with van der Waals surface area (Å²) in [5, 5.41) is 0. The highest BCUT2D eigenvalue weighted by Crippen LogP contribution is 2.05. The first-order chi connectivity index (χ1) is 8.77. The second-order valence-corrected chi connectivity index (χ2v) is 3.47. The van der Waals surface area contributed by atoms with Gasteiger partial charge < -0.3 is 11.0 Å². The van der Waals surface area contributed by atoms with Gasteiger partial charge in [-0.15, -0.1) is 0 Å². The minimum Gasteiger partial charge on any atom is -0.412 e. The van der Waals surface area contributed by atoms with Gasteiger partial charge in [0.15, 0.2) is 0 Å². The minimum atomic E-state index is -0.708. The van der Waals surface area contributed by atoms with Crippen molar-refractivity contribution >= 4 is 58.0 Å². The van der Waals surface area contributed by atoms with Crippen molar-refractivity contribution in [2.45, 2.75) is 0 Å². The van der Waals surface area contributed by atoms with Crippen molar-refractivity contribution in [3.63, 3.8) is 0 Å². The van der Waals surface area contributed by atoms with Gasteiger partial charge in [-0.25, -0.2) is 19.4 Å². The zero-order valence-corrected chi connectivity index (χ0v) is 10.4. The molecule has 0 saturated carbocycles. The summed E-state index contributed by atoms with van der Waals surface area (Å²) in [7, 11) is 0. The van der Waals surface area contributed by atoms with Gasteiger partial charge in [-0.1, -0.05) is 36.4 Å². The molecular weight excluding hydrogens is 313 g/mol. The predicted octanol–water partition coefficient (Wildman–Crippen LogP) is -0.866. The van der Waals surface area contributed by atoms with E-state index in [2.05, 4.69) is 9.78 Å². The molecule has 0 spiro atoms. The van der Waals surface area contributed by atoms with Crippen molar-refractivity contribution in [1.29, 1.82) is 0 Å². The van der Waals surface area contributed by atoms with Crippen LogP contribution in [0.15, 0.2) is 60.7 Å². The van der Waals surface area contributed by atoms with Crippen LogP contribution in [0, 0.1) is 0 Å². The van der Waals surface area contributed by atoms with Gasteiger partial charge in [0.2, 0.25) is 0 Å². The second-order valence-electron chi connectivity index (χ2n) is 3.47. The topological polar surface area (TPSA) is 116 Å². The molecule has 0 amide bonds. The van der Waals surface area contributed by atoms with E-state index in [-0.39, 0.29) is 57.1 Å². The summed E-state index contributed by atoms with van der Waals surface area (Å²) in [6, 6.07) is 16.6. The number of carbonyl (C=O) groups is 2. The van der Waals surface area contributed by atoms with E-state index < -0.39 is 11.9 Å². The Bertz CT molecular complexity index is 496. The lowest BCUT2D eigenvalue weighted by molar-refractivity contribution is -0.187. The summed E-state index contributed by atoms with van der Waals surface area (Å²) in [6.45, 7) is 0. The molecule has 0 aliphatic rings. The van der Waals surface area contributed by atoms with E-state index in [4.69, 9.17) is 0 Å². The molecule has 2 rings (SSSR count). The van der Waals surface area contributed by atoms with E-state index in [1.165, 1.54) is 0 Å². The Morgan fingerprint density at radius 1 is 0.591 bits per heavy atom. The lowest BCUT2D eigenvalue weighted by Gasteiger charge is -2.02. The smallest absolute Gasteiger partial charge is 0.386 e. The number of benzene rings is 2. The first-order valence-electron chi connectivity index (χ1n) is 5.30. The summed E-state index contributed by atoms with van der Waals surface area (Å²) in [5.74, 6) is -1.42. The molecular formula is C14H18Mg2O6. The maximum atomic E-state index is 11.5. The van der Waals surface area contributed by atoms with Crippen molar-refractivity contribution < 1.29 is 30.3 Å². The van der Waals surface area contributed by atoms with Crippen LogP contribution in [0.25, 0.3) is 0 Å². The maximum absolute atomic E-state index is 11.5. The molecule has 6 nitrogen and oxygen atoms in total. The molecule has 22 heavy (non-hydrogen) atoms. The van der Waals surface area contributed by atoms with Crippen LogP contribution in [0.3, 0.4) is 0 Å². The van der Waals surface area contributed by atoms with Crippen LogP contribution >= 0.6 is 0 Å². The third-order valence-electron chi connectivity index (χ3n) is 2.21. The fourth-order valence-corrected chi connectivity index (χ4v) is 1.32. The third kappa shape index (κ3) is 7.73. The van der Waals surface area contributed by atoms with Crippen LogP contribution in [0.5, 0.6) is 0 Å². The number of carbonyl (C=O) groups excluding carboxylic acids is 2. The Kier molecular flexibility index (Phi) is 15.8. The molecule has 114 valence electrons. The SMILES string of the molecule is O.O.O=C(OOC(=O)c1ccccc1)c1ccccc1.[MgH2].[MgH2]. The first kappa shape index (κ1) is 25.8. The Morgan fingerprint density at radius 2 is 0.864 bits per heavy atom. The molecule has 0 aromatic heterocycles. The highest BCUT2D eigenvalue weighted by atomic mass is 24.3. The number of hydrogen-bond acceptors (Lipinski definition) is 4. The molecule has 0 radical (unpaired) electrons. The van der Waals surface area contributed by atoms with E-state index in [1.54, 1.807) is 60.7 Å². The van der Waals surface area contributed by atoms with Crippen molar-refractivity contribution in [2.75, 3.05) is 0 Å². The van der Waals surface area contributed by atoms with Crippen molar-refractivity contribution in [3.8, 4) is 0 Å². The average Bonchev–Trinajstić information content (AvgIpc) is 2.46. The highest BCUT2D eigenvalue weighted by molar-refractivity contribution is 5.92. The monoisotopic (exact) mass is 330 g/mol. The molecule has 2 aromatic carbocycles. The van der Waals surface area contributed by atoms with Crippen LogP contribution in [0.4, 0.5) is 0 Å². The number of hydrogen-bond donors (Lipinski definition) is 0. The Balaban J connectivity index is -0.000000902. The van der Waals surface area contributed by atoms with Crippen LogP contribution in [0.2, 0.25) is 0 Å². The second kappa shape index (κ2) is 13.5. The summed E-state index contributed by atoms with van der Waals surface area (Å²) in [6.07, 6.45) is 0. The quantitative estimate of drug-likeness (QED) is 0.404. The molecule has 0 aliphatic heterocycles. The molecule has 4 N–H and O–H groups in total. The standard InChI is InChI=1S/C14H10O4.2Mg.2H2O.4H/c15-13(11-7-3-1-4-8-11)17-18-14(16)12-9-5-2-6-10-12;;;;;;;;/h1-10H;;;2*1H2;;;;. The van der Waals surface area contributed by atoms with Gasteiger partial charge in [-0.2, -0.15) is 0 Å². The van der Waals surface area contributed by atoms with Crippen LogP contribution in [-0.2, 0) is 9.78 Å². The van der Waals surface area contributed by atoms with Gasteiger partial charge in [-0.3, -0.25) is 0 Å². The summed E-state index contributed by atoms with van der Waals surface area (Å²) < 4.78 is 0. The highest BCUT2D eigenvalue weighted by Gasteiger charge is 2.12. The van der Waals surface area contributed by atoms with Crippen LogP contribution in [0.1, 0.15) is 20.7 Å². The molecule has 0 fully saturated rings. The van der Waals surface area contributed by atoms with Gasteiger partial charge in [0.1, 0.15) is 0 Å². The Labute approximate surface area is 159 Å². The van der Waals surface area contributed by atoms with E-state index >= 15 is 0 Å². The molecule has 0 heterocycles. The van der Waals surface area contributed by atoms with Crippen LogP contribution in [-0.4, -0.2) is 69.0 Å². The molecule has 8 heteroatoms. The van der Waals surface area contributed by atoms with Crippen molar-refractivity contribution in [1.82, 2.24) is 0 Å². The van der Waals surface area contributed by atoms with Gasteiger partial charge >= 0.3 is 58.0 Å². The van der Waals surface area contributed by atoms with Gasteiger partial charge in [0.05, 0.1) is 11.1 Å². The fraction of sp³-hybridized carbons (Fsp3) is 0. The van der Waals surface area contributed by atoms with Crippen molar-refractivity contribution in [3.05, 3.63) is 71.8 Å².